The number of nitro groups is 1. The van der Waals surface area contributed by atoms with Crippen LogP contribution < -0.4 is 5.49 Å². The van der Waals surface area contributed by atoms with E-state index in [1.54, 1.807) is 42.6 Å². The Morgan fingerprint density at radius 1 is 1.23 bits per heavy atom. The molecule has 0 aliphatic heterocycles. The zero-order valence-electron chi connectivity index (χ0n) is 12.5. The molecule has 6 heteroatoms. The lowest BCUT2D eigenvalue weighted by molar-refractivity contribution is -0.385. The van der Waals surface area contributed by atoms with Gasteiger partial charge in [0.15, 0.2) is 0 Å². The number of aromatic nitrogens is 1. The Balaban J connectivity index is 2.38. The smallest absolute Gasteiger partial charge is 0.273 e. The average molecular weight is 299 g/mol. The van der Waals surface area contributed by atoms with E-state index < -0.39 is 4.92 Å². The fourth-order valence-electron chi connectivity index (χ4n) is 2.10. The summed E-state index contributed by atoms with van der Waals surface area (Å²) in [5.41, 5.74) is 0.889. The van der Waals surface area contributed by atoms with Crippen molar-refractivity contribution in [2.45, 2.75) is 26.3 Å². The van der Waals surface area contributed by atoms with Gasteiger partial charge in [0, 0.05) is 23.9 Å². The molecule has 0 saturated heterocycles. The molecule has 0 atom stereocenters. The molecule has 114 valence electrons. The second kappa shape index (κ2) is 6.80. The van der Waals surface area contributed by atoms with Crippen LogP contribution in [0.2, 0.25) is 0 Å². The maximum absolute atomic E-state index is 12.5. The number of para-hydroxylation sites is 1. The molecule has 0 fully saturated rings. The van der Waals surface area contributed by atoms with E-state index in [9.17, 15) is 14.9 Å². The molecule has 2 rings (SSSR count). The van der Waals surface area contributed by atoms with Gasteiger partial charge >= 0.3 is 0 Å². The molecule has 0 amide bonds. The second-order valence-corrected chi connectivity index (χ2v) is 5.11. The minimum atomic E-state index is -0.475. The van der Waals surface area contributed by atoms with Crippen molar-refractivity contribution in [3.63, 3.8) is 0 Å². The zero-order valence-corrected chi connectivity index (χ0v) is 12.5. The first kappa shape index (κ1) is 15.6. The quantitative estimate of drug-likeness (QED) is 0.643. The lowest BCUT2D eigenvalue weighted by atomic mass is 10.1. The van der Waals surface area contributed by atoms with Crippen LogP contribution in [0.3, 0.4) is 0 Å². The highest BCUT2D eigenvalue weighted by Gasteiger charge is 2.16. The number of hydrogen-bond donors (Lipinski definition) is 0. The predicted octanol–water partition coefficient (Wildman–Crippen LogP) is 2.59. The van der Waals surface area contributed by atoms with Gasteiger partial charge in [-0.2, -0.15) is 0 Å². The maximum atomic E-state index is 12.5. The standard InChI is InChI=1S/C16H17N3O3/c1-12(2)17-15-9-5-6-10-18(15)16(20)11-13-7-3-4-8-14(13)19(21)22/h3-10,12H,11H2,1-2H3. The lowest BCUT2D eigenvalue weighted by Crippen LogP contribution is -2.28. The van der Waals surface area contributed by atoms with Crippen LogP contribution >= 0.6 is 0 Å². The molecular formula is C16H17N3O3. The van der Waals surface area contributed by atoms with Crippen LogP contribution in [0.5, 0.6) is 0 Å². The molecule has 0 unspecified atom stereocenters. The van der Waals surface area contributed by atoms with Crippen molar-refractivity contribution >= 4 is 11.6 Å². The number of pyridine rings is 1. The molecule has 0 bridgehead atoms. The van der Waals surface area contributed by atoms with Crippen LogP contribution in [0.15, 0.2) is 53.7 Å². The Bertz CT molecular complexity index is 763. The van der Waals surface area contributed by atoms with E-state index in [-0.39, 0.29) is 24.1 Å². The molecular weight excluding hydrogens is 282 g/mol. The van der Waals surface area contributed by atoms with Crippen molar-refractivity contribution in [1.82, 2.24) is 4.57 Å². The van der Waals surface area contributed by atoms with E-state index in [4.69, 9.17) is 0 Å². The van der Waals surface area contributed by atoms with Gasteiger partial charge in [-0.3, -0.25) is 24.5 Å². The van der Waals surface area contributed by atoms with Crippen molar-refractivity contribution in [2.24, 2.45) is 4.99 Å². The number of rotatable bonds is 4. The van der Waals surface area contributed by atoms with Gasteiger partial charge in [-0.1, -0.05) is 24.3 Å². The summed E-state index contributed by atoms with van der Waals surface area (Å²) in [6, 6.07) is 11.6. The first-order chi connectivity index (χ1) is 10.5. The molecule has 0 saturated carbocycles. The Kier molecular flexibility index (Phi) is 4.83. The maximum Gasteiger partial charge on any atom is 0.273 e. The van der Waals surface area contributed by atoms with Gasteiger partial charge in [0.1, 0.15) is 5.49 Å². The summed E-state index contributed by atoms with van der Waals surface area (Å²) in [5.74, 6) is -0.255. The third-order valence-corrected chi connectivity index (χ3v) is 3.03. The first-order valence-corrected chi connectivity index (χ1v) is 6.96. The van der Waals surface area contributed by atoms with Crippen LogP contribution in [0, 0.1) is 10.1 Å². The predicted molar refractivity (Wildman–Crippen MR) is 82.6 cm³/mol. The molecule has 1 aromatic heterocycles. The molecule has 1 heterocycles. The Hall–Kier alpha value is -2.76. The van der Waals surface area contributed by atoms with Crippen molar-refractivity contribution in [2.75, 3.05) is 0 Å². The van der Waals surface area contributed by atoms with E-state index in [0.717, 1.165) is 0 Å². The normalized spacial score (nSPS) is 11.7. The number of carbonyl (C=O) groups excluding carboxylic acids is 1. The lowest BCUT2D eigenvalue weighted by Gasteiger charge is -2.07. The fraction of sp³-hybridized carbons (Fsp3) is 0.250. The Morgan fingerprint density at radius 3 is 2.59 bits per heavy atom. The molecule has 2 aromatic rings. The minimum Gasteiger partial charge on any atom is -0.274 e. The highest BCUT2D eigenvalue weighted by atomic mass is 16.6. The number of hydrogen-bond acceptors (Lipinski definition) is 4. The molecule has 0 aliphatic carbocycles. The molecule has 0 radical (unpaired) electrons. The van der Waals surface area contributed by atoms with E-state index in [2.05, 4.69) is 4.99 Å². The van der Waals surface area contributed by atoms with E-state index in [1.165, 1.54) is 10.6 Å². The summed E-state index contributed by atoms with van der Waals surface area (Å²) in [4.78, 5) is 27.4. The van der Waals surface area contributed by atoms with Gasteiger partial charge in [0.2, 0.25) is 5.91 Å². The highest BCUT2D eigenvalue weighted by Crippen LogP contribution is 2.18. The number of nitrogens with zero attached hydrogens (tertiary/aromatic N) is 3. The summed E-state index contributed by atoms with van der Waals surface area (Å²) in [6.07, 6.45) is 1.57. The SMILES string of the molecule is CC(C)N=c1ccccn1C(=O)Cc1ccccc1[N+](=O)[O-]. The summed E-state index contributed by atoms with van der Waals surface area (Å²) in [5, 5.41) is 11.0. The molecule has 6 nitrogen and oxygen atoms in total. The van der Waals surface area contributed by atoms with Crippen molar-refractivity contribution in [3.8, 4) is 0 Å². The van der Waals surface area contributed by atoms with Crippen LogP contribution in [0.25, 0.3) is 0 Å². The van der Waals surface area contributed by atoms with Gasteiger partial charge in [0.25, 0.3) is 5.69 Å². The Morgan fingerprint density at radius 2 is 1.91 bits per heavy atom. The molecule has 0 N–H and O–H groups in total. The van der Waals surface area contributed by atoms with Crippen LogP contribution in [-0.4, -0.2) is 21.4 Å². The minimum absolute atomic E-state index is 0.0465. The molecule has 0 aliphatic rings. The summed E-state index contributed by atoms with van der Waals surface area (Å²) < 4.78 is 1.43. The van der Waals surface area contributed by atoms with Crippen molar-refractivity contribution in [1.29, 1.82) is 0 Å². The number of nitro benzene ring substituents is 1. The van der Waals surface area contributed by atoms with Gasteiger partial charge in [-0.05, 0) is 26.0 Å². The monoisotopic (exact) mass is 299 g/mol. The number of carbonyl (C=O) groups is 1. The Labute approximate surface area is 127 Å². The van der Waals surface area contributed by atoms with E-state index in [0.29, 0.717) is 11.1 Å². The van der Waals surface area contributed by atoms with Gasteiger partial charge in [-0.25, -0.2) is 0 Å². The topological polar surface area (TPSA) is 77.5 Å². The first-order valence-electron chi connectivity index (χ1n) is 6.96. The summed E-state index contributed by atoms with van der Waals surface area (Å²) in [7, 11) is 0. The molecule has 0 spiro atoms. The molecule has 22 heavy (non-hydrogen) atoms. The third-order valence-electron chi connectivity index (χ3n) is 3.03. The van der Waals surface area contributed by atoms with E-state index in [1.807, 2.05) is 13.8 Å². The fourth-order valence-corrected chi connectivity index (χ4v) is 2.10. The third kappa shape index (κ3) is 3.66. The van der Waals surface area contributed by atoms with Crippen molar-refractivity contribution < 1.29 is 9.72 Å². The second-order valence-electron chi connectivity index (χ2n) is 5.11. The van der Waals surface area contributed by atoms with Crippen LogP contribution in [-0.2, 0) is 6.42 Å². The van der Waals surface area contributed by atoms with Crippen LogP contribution in [0.4, 0.5) is 5.69 Å². The van der Waals surface area contributed by atoms with Gasteiger partial charge < -0.3 is 0 Å². The van der Waals surface area contributed by atoms with Gasteiger partial charge in [0.05, 0.1) is 11.3 Å². The largest absolute Gasteiger partial charge is 0.274 e. The highest BCUT2D eigenvalue weighted by molar-refractivity contribution is 5.82. The number of benzene rings is 1. The van der Waals surface area contributed by atoms with Gasteiger partial charge in [-0.15, -0.1) is 0 Å². The molecule has 1 aromatic carbocycles. The zero-order chi connectivity index (χ0) is 16.1. The average Bonchev–Trinajstić information content (AvgIpc) is 2.47. The summed E-state index contributed by atoms with van der Waals surface area (Å²) in [6.45, 7) is 3.84. The van der Waals surface area contributed by atoms with Crippen LogP contribution in [0.1, 0.15) is 24.2 Å². The van der Waals surface area contributed by atoms with Crippen molar-refractivity contribution in [3.05, 3.63) is 69.8 Å². The summed E-state index contributed by atoms with van der Waals surface area (Å²) >= 11 is 0. The van der Waals surface area contributed by atoms with E-state index >= 15 is 0 Å².